The van der Waals surface area contributed by atoms with E-state index in [0.717, 1.165) is 11.9 Å². The summed E-state index contributed by atoms with van der Waals surface area (Å²) < 4.78 is 10.0. The van der Waals surface area contributed by atoms with Crippen molar-refractivity contribution in [2.45, 2.75) is 6.54 Å². The van der Waals surface area contributed by atoms with Gasteiger partial charge in [0.05, 0.1) is 18.3 Å². The van der Waals surface area contributed by atoms with E-state index in [1.807, 2.05) is 12.1 Å². The SMILES string of the molecule is COc1ccc(CNc2ncnc(NNC(=O)c3ccco3)c2[N+](=O)[O-])cc1. The molecule has 0 saturated heterocycles. The minimum Gasteiger partial charge on any atom is -0.497 e. The average molecular weight is 384 g/mol. The highest BCUT2D eigenvalue weighted by Crippen LogP contribution is 2.28. The highest BCUT2D eigenvalue weighted by Gasteiger charge is 2.23. The van der Waals surface area contributed by atoms with Crippen LogP contribution in [-0.4, -0.2) is 27.9 Å². The maximum atomic E-state index is 11.9. The molecule has 11 nitrogen and oxygen atoms in total. The lowest BCUT2D eigenvalue weighted by Gasteiger charge is -2.10. The lowest BCUT2D eigenvalue weighted by atomic mass is 10.2. The molecule has 0 fully saturated rings. The van der Waals surface area contributed by atoms with Gasteiger partial charge in [-0.15, -0.1) is 0 Å². The zero-order chi connectivity index (χ0) is 19.9. The molecule has 3 N–H and O–H groups in total. The van der Waals surface area contributed by atoms with Crippen molar-refractivity contribution in [3.8, 4) is 5.75 Å². The number of hydrazine groups is 1. The standard InChI is InChI=1S/C17H16N6O5/c1-27-12-6-4-11(5-7-12)9-18-15-14(23(25)26)16(20-10-19-15)21-22-17(24)13-3-2-8-28-13/h2-8,10H,9H2,1H3,(H,22,24)(H2,18,19,20,21). The summed E-state index contributed by atoms with van der Waals surface area (Å²) in [4.78, 5) is 30.5. The van der Waals surface area contributed by atoms with E-state index in [4.69, 9.17) is 9.15 Å². The minimum absolute atomic E-state index is 0.00515. The fourth-order valence-electron chi connectivity index (χ4n) is 2.29. The number of nitro groups is 1. The van der Waals surface area contributed by atoms with Crippen LogP contribution in [0.4, 0.5) is 17.3 Å². The van der Waals surface area contributed by atoms with Gasteiger partial charge in [-0.25, -0.2) is 9.97 Å². The number of aromatic nitrogens is 2. The summed E-state index contributed by atoms with van der Waals surface area (Å²) in [5, 5.41) is 14.4. The molecule has 144 valence electrons. The smallest absolute Gasteiger partial charge is 0.354 e. The molecule has 28 heavy (non-hydrogen) atoms. The number of benzene rings is 1. The summed E-state index contributed by atoms with van der Waals surface area (Å²) in [6.07, 6.45) is 2.48. The number of anilines is 2. The Bertz CT molecular complexity index is 959. The zero-order valence-electron chi connectivity index (χ0n) is 14.7. The summed E-state index contributed by atoms with van der Waals surface area (Å²) in [5.41, 5.74) is 5.18. The third-order valence-corrected chi connectivity index (χ3v) is 3.66. The molecular formula is C17H16N6O5. The topological polar surface area (TPSA) is 144 Å². The van der Waals surface area contributed by atoms with Gasteiger partial charge in [0, 0.05) is 6.54 Å². The number of ether oxygens (including phenoxy) is 1. The largest absolute Gasteiger partial charge is 0.497 e. The van der Waals surface area contributed by atoms with Crippen molar-refractivity contribution >= 4 is 23.2 Å². The van der Waals surface area contributed by atoms with Crippen molar-refractivity contribution in [3.63, 3.8) is 0 Å². The number of nitrogens with one attached hydrogen (secondary N) is 3. The van der Waals surface area contributed by atoms with Crippen LogP contribution in [0.5, 0.6) is 5.75 Å². The molecule has 0 bridgehead atoms. The summed E-state index contributed by atoms with van der Waals surface area (Å²) in [6, 6.07) is 10.2. The first-order chi connectivity index (χ1) is 13.6. The van der Waals surface area contributed by atoms with E-state index < -0.39 is 16.5 Å². The van der Waals surface area contributed by atoms with Crippen molar-refractivity contribution in [3.05, 3.63) is 70.4 Å². The second kappa shape index (κ2) is 8.49. The van der Waals surface area contributed by atoms with E-state index in [0.29, 0.717) is 12.3 Å². The van der Waals surface area contributed by atoms with Crippen LogP contribution in [0.1, 0.15) is 16.1 Å². The van der Waals surface area contributed by atoms with Crippen molar-refractivity contribution in [2.24, 2.45) is 0 Å². The highest BCUT2D eigenvalue weighted by atomic mass is 16.6. The number of carbonyl (C=O) groups is 1. The highest BCUT2D eigenvalue weighted by molar-refractivity contribution is 5.92. The molecule has 0 radical (unpaired) electrons. The third-order valence-electron chi connectivity index (χ3n) is 3.66. The summed E-state index contributed by atoms with van der Waals surface area (Å²) in [5.74, 6) is -0.0223. The van der Waals surface area contributed by atoms with Gasteiger partial charge < -0.3 is 14.5 Å². The number of nitrogens with zero attached hydrogens (tertiary/aromatic N) is 3. The number of carbonyl (C=O) groups excluding carboxylic acids is 1. The van der Waals surface area contributed by atoms with Crippen LogP contribution in [0, 0.1) is 10.1 Å². The van der Waals surface area contributed by atoms with Gasteiger partial charge in [-0.1, -0.05) is 12.1 Å². The predicted octanol–water partition coefficient (Wildman–Crippen LogP) is 2.36. The Kier molecular flexibility index (Phi) is 5.65. The normalized spacial score (nSPS) is 10.2. The molecule has 3 aromatic rings. The van der Waals surface area contributed by atoms with Gasteiger partial charge in [0.1, 0.15) is 12.1 Å². The average Bonchev–Trinajstić information content (AvgIpc) is 3.25. The van der Waals surface area contributed by atoms with Crippen molar-refractivity contribution < 1.29 is 18.9 Å². The van der Waals surface area contributed by atoms with Gasteiger partial charge in [-0.3, -0.25) is 25.8 Å². The zero-order valence-corrected chi connectivity index (χ0v) is 14.7. The molecule has 0 aliphatic rings. The number of hydrogen-bond acceptors (Lipinski definition) is 9. The van der Waals surface area contributed by atoms with Gasteiger partial charge in [0.25, 0.3) is 0 Å². The molecule has 0 unspecified atom stereocenters. The molecule has 0 saturated carbocycles. The minimum atomic E-state index is -0.641. The molecule has 1 aromatic carbocycles. The van der Waals surface area contributed by atoms with Crippen LogP contribution in [0.2, 0.25) is 0 Å². The second-order valence-corrected chi connectivity index (χ2v) is 5.43. The Morgan fingerprint density at radius 1 is 1.21 bits per heavy atom. The number of furan rings is 1. The first-order valence-corrected chi connectivity index (χ1v) is 8.04. The van der Waals surface area contributed by atoms with E-state index in [9.17, 15) is 14.9 Å². The summed E-state index contributed by atoms with van der Waals surface area (Å²) >= 11 is 0. The maximum Gasteiger partial charge on any atom is 0.354 e. The maximum absolute atomic E-state index is 11.9. The van der Waals surface area contributed by atoms with Gasteiger partial charge in [0.15, 0.2) is 5.76 Å². The molecule has 0 atom stereocenters. The first kappa shape index (κ1) is 18.6. The molecule has 2 heterocycles. The molecule has 3 rings (SSSR count). The van der Waals surface area contributed by atoms with Gasteiger partial charge in [0.2, 0.25) is 11.6 Å². The molecule has 0 aliphatic heterocycles. The quantitative estimate of drug-likeness (QED) is 0.393. The Morgan fingerprint density at radius 3 is 2.61 bits per heavy atom. The third kappa shape index (κ3) is 4.33. The van der Waals surface area contributed by atoms with Gasteiger partial charge >= 0.3 is 11.6 Å². The predicted molar refractivity (Wildman–Crippen MR) is 98.8 cm³/mol. The second-order valence-electron chi connectivity index (χ2n) is 5.43. The molecule has 0 aliphatic carbocycles. The van der Waals surface area contributed by atoms with Crippen LogP contribution in [-0.2, 0) is 6.54 Å². The number of amides is 1. The van der Waals surface area contributed by atoms with Crippen molar-refractivity contribution in [1.29, 1.82) is 0 Å². The number of rotatable bonds is 8. The van der Waals surface area contributed by atoms with Crippen LogP contribution < -0.4 is 20.9 Å². The Morgan fingerprint density at radius 2 is 1.96 bits per heavy atom. The Balaban J connectivity index is 1.73. The Hall–Kier alpha value is -4.15. The van der Waals surface area contributed by atoms with Crippen molar-refractivity contribution in [2.75, 3.05) is 17.9 Å². The molecular weight excluding hydrogens is 368 g/mol. The van der Waals surface area contributed by atoms with Gasteiger partial charge in [-0.05, 0) is 29.8 Å². The fraction of sp³-hybridized carbons (Fsp3) is 0.118. The molecule has 1 amide bonds. The molecule has 2 aromatic heterocycles. The van der Waals surface area contributed by atoms with Crippen LogP contribution in [0.15, 0.2) is 53.4 Å². The molecule has 0 spiro atoms. The summed E-state index contributed by atoms with van der Waals surface area (Å²) in [7, 11) is 1.57. The van der Waals surface area contributed by atoms with Gasteiger partial charge in [-0.2, -0.15) is 0 Å². The van der Waals surface area contributed by atoms with E-state index in [-0.39, 0.29) is 17.4 Å². The van der Waals surface area contributed by atoms with Crippen LogP contribution >= 0.6 is 0 Å². The lowest BCUT2D eigenvalue weighted by Crippen LogP contribution is -2.30. The number of methoxy groups -OCH3 is 1. The van der Waals surface area contributed by atoms with E-state index in [1.165, 1.54) is 12.3 Å². The van der Waals surface area contributed by atoms with E-state index in [2.05, 4.69) is 26.1 Å². The van der Waals surface area contributed by atoms with E-state index in [1.54, 1.807) is 25.3 Å². The summed E-state index contributed by atoms with van der Waals surface area (Å²) in [6.45, 7) is 0.292. The fourth-order valence-corrected chi connectivity index (χ4v) is 2.29. The van der Waals surface area contributed by atoms with E-state index >= 15 is 0 Å². The monoisotopic (exact) mass is 384 g/mol. The lowest BCUT2D eigenvalue weighted by molar-refractivity contribution is -0.383. The first-order valence-electron chi connectivity index (χ1n) is 8.04. The molecule has 11 heteroatoms. The van der Waals surface area contributed by atoms with Crippen LogP contribution in [0.25, 0.3) is 0 Å². The Labute approximate surface area is 158 Å². The number of hydrogen-bond donors (Lipinski definition) is 3. The van der Waals surface area contributed by atoms with Crippen molar-refractivity contribution in [1.82, 2.24) is 15.4 Å². The van der Waals surface area contributed by atoms with Crippen LogP contribution in [0.3, 0.4) is 0 Å².